The fourth-order valence-corrected chi connectivity index (χ4v) is 0.940. The SMILES string of the molecule is C=C(CC(C)C)C1CO1. The van der Waals surface area contributed by atoms with E-state index < -0.39 is 0 Å². The highest BCUT2D eigenvalue weighted by molar-refractivity contribution is 5.08. The van der Waals surface area contributed by atoms with Crippen molar-refractivity contribution in [1.29, 1.82) is 0 Å². The van der Waals surface area contributed by atoms with E-state index in [4.69, 9.17) is 4.74 Å². The van der Waals surface area contributed by atoms with Crippen LogP contribution >= 0.6 is 0 Å². The summed E-state index contributed by atoms with van der Waals surface area (Å²) < 4.78 is 5.07. The van der Waals surface area contributed by atoms with Gasteiger partial charge in [0.05, 0.1) is 6.61 Å². The molecule has 0 N–H and O–H groups in total. The van der Waals surface area contributed by atoms with Crippen molar-refractivity contribution < 1.29 is 4.74 Å². The summed E-state index contributed by atoms with van der Waals surface area (Å²) in [6.45, 7) is 9.24. The lowest BCUT2D eigenvalue weighted by atomic mass is 10.0. The summed E-state index contributed by atoms with van der Waals surface area (Å²) >= 11 is 0. The largest absolute Gasteiger partial charge is 0.368 e. The van der Waals surface area contributed by atoms with Gasteiger partial charge in [-0.3, -0.25) is 0 Å². The van der Waals surface area contributed by atoms with Crippen LogP contribution in [0.5, 0.6) is 0 Å². The average molecular weight is 126 g/mol. The quantitative estimate of drug-likeness (QED) is 0.416. The molecule has 1 aliphatic heterocycles. The average Bonchev–Trinajstić information content (AvgIpc) is 2.40. The molecule has 52 valence electrons. The van der Waals surface area contributed by atoms with E-state index in [-0.39, 0.29) is 0 Å². The van der Waals surface area contributed by atoms with Crippen LogP contribution in [-0.2, 0) is 4.74 Å². The topological polar surface area (TPSA) is 12.5 Å². The summed E-state index contributed by atoms with van der Waals surface area (Å²) in [6, 6.07) is 0. The molecule has 1 atom stereocenters. The predicted molar refractivity (Wildman–Crippen MR) is 38.3 cm³/mol. The highest BCUT2D eigenvalue weighted by Crippen LogP contribution is 2.23. The van der Waals surface area contributed by atoms with E-state index in [1.54, 1.807) is 0 Å². The summed E-state index contributed by atoms with van der Waals surface area (Å²) in [6.07, 6.45) is 1.53. The summed E-state index contributed by atoms with van der Waals surface area (Å²) in [5.74, 6) is 0.724. The Labute approximate surface area is 56.7 Å². The van der Waals surface area contributed by atoms with Crippen LogP contribution in [-0.4, -0.2) is 12.7 Å². The lowest BCUT2D eigenvalue weighted by Gasteiger charge is -2.03. The third kappa shape index (κ3) is 2.19. The Bertz CT molecular complexity index is 112. The molecule has 0 amide bonds. The summed E-state index contributed by atoms with van der Waals surface area (Å²) in [5.41, 5.74) is 1.27. The minimum atomic E-state index is 0.410. The van der Waals surface area contributed by atoms with Crippen molar-refractivity contribution in [2.45, 2.75) is 26.4 Å². The van der Waals surface area contributed by atoms with Gasteiger partial charge < -0.3 is 4.74 Å². The van der Waals surface area contributed by atoms with Crippen LogP contribution in [0.1, 0.15) is 20.3 Å². The van der Waals surface area contributed by atoms with Crippen molar-refractivity contribution >= 4 is 0 Å². The Balaban J connectivity index is 2.18. The molecule has 1 rings (SSSR count). The molecule has 0 spiro atoms. The fraction of sp³-hybridized carbons (Fsp3) is 0.750. The third-order valence-corrected chi connectivity index (χ3v) is 1.46. The van der Waals surface area contributed by atoms with Crippen LogP contribution in [0.2, 0.25) is 0 Å². The van der Waals surface area contributed by atoms with E-state index in [2.05, 4.69) is 20.4 Å². The second-order valence-corrected chi connectivity index (χ2v) is 3.08. The number of rotatable bonds is 3. The standard InChI is InChI=1S/C8H14O/c1-6(2)4-7(3)8-5-9-8/h6,8H,3-5H2,1-2H3. The second kappa shape index (κ2) is 2.53. The van der Waals surface area contributed by atoms with Gasteiger partial charge in [0.25, 0.3) is 0 Å². The first-order chi connectivity index (χ1) is 4.20. The molecule has 0 bridgehead atoms. The molecule has 0 aromatic rings. The zero-order valence-electron chi connectivity index (χ0n) is 6.18. The molecule has 0 aromatic carbocycles. The number of epoxide rings is 1. The lowest BCUT2D eigenvalue weighted by Crippen LogP contribution is -1.95. The molecule has 1 fully saturated rings. The Kier molecular flexibility index (Phi) is 1.91. The first-order valence-corrected chi connectivity index (χ1v) is 3.49. The van der Waals surface area contributed by atoms with Gasteiger partial charge in [0, 0.05) is 0 Å². The van der Waals surface area contributed by atoms with E-state index in [0.29, 0.717) is 6.10 Å². The molecular weight excluding hydrogens is 112 g/mol. The molecular formula is C8H14O. The van der Waals surface area contributed by atoms with Crippen LogP contribution in [0.15, 0.2) is 12.2 Å². The van der Waals surface area contributed by atoms with E-state index in [0.717, 1.165) is 18.9 Å². The van der Waals surface area contributed by atoms with Gasteiger partial charge in [-0.1, -0.05) is 20.4 Å². The van der Waals surface area contributed by atoms with Gasteiger partial charge in [0.1, 0.15) is 6.10 Å². The van der Waals surface area contributed by atoms with Crippen LogP contribution in [0.4, 0.5) is 0 Å². The molecule has 0 saturated carbocycles. The molecule has 1 aliphatic rings. The van der Waals surface area contributed by atoms with Gasteiger partial charge >= 0.3 is 0 Å². The van der Waals surface area contributed by atoms with Crippen molar-refractivity contribution in [1.82, 2.24) is 0 Å². The van der Waals surface area contributed by atoms with E-state index in [1.165, 1.54) is 5.57 Å². The van der Waals surface area contributed by atoms with Crippen molar-refractivity contribution in [3.63, 3.8) is 0 Å². The van der Waals surface area contributed by atoms with E-state index in [9.17, 15) is 0 Å². The second-order valence-electron chi connectivity index (χ2n) is 3.08. The van der Waals surface area contributed by atoms with Gasteiger partial charge in [-0.2, -0.15) is 0 Å². The third-order valence-electron chi connectivity index (χ3n) is 1.46. The monoisotopic (exact) mass is 126 g/mol. The Morgan fingerprint density at radius 3 is 2.67 bits per heavy atom. The van der Waals surface area contributed by atoms with Gasteiger partial charge in [0.15, 0.2) is 0 Å². The highest BCUT2D eigenvalue weighted by atomic mass is 16.6. The van der Waals surface area contributed by atoms with Crippen molar-refractivity contribution in [3.05, 3.63) is 12.2 Å². The molecule has 9 heavy (non-hydrogen) atoms. The van der Waals surface area contributed by atoms with Crippen molar-refractivity contribution in [2.24, 2.45) is 5.92 Å². The van der Waals surface area contributed by atoms with Crippen LogP contribution < -0.4 is 0 Å². The minimum Gasteiger partial charge on any atom is -0.368 e. The van der Waals surface area contributed by atoms with Gasteiger partial charge in [0.2, 0.25) is 0 Å². The molecule has 1 saturated heterocycles. The normalized spacial score (nSPS) is 24.6. The molecule has 0 radical (unpaired) electrons. The maximum absolute atomic E-state index is 5.07. The van der Waals surface area contributed by atoms with Crippen molar-refractivity contribution in [2.75, 3.05) is 6.61 Å². The Morgan fingerprint density at radius 2 is 2.33 bits per heavy atom. The van der Waals surface area contributed by atoms with Crippen LogP contribution in [0.3, 0.4) is 0 Å². The fourth-order valence-electron chi connectivity index (χ4n) is 0.940. The number of hydrogen-bond donors (Lipinski definition) is 0. The molecule has 1 nitrogen and oxygen atoms in total. The first kappa shape index (κ1) is 6.81. The van der Waals surface area contributed by atoms with Gasteiger partial charge in [-0.05, 0) is 17.9 Å². The molecule has 1 heterocycles. The minimum absolute atomic E-state index is 0.410. The van der Waals surface area contributed by atoms with E-state index in [1.807, 2.05) is 0 Å². The van der Waals surface area contributed by atoms with Crippen LogP contribution in [0.25, 0.3) is 0 Å². The molecule has 1 heteroatoms. The number of hydrogen-bond acceptors (Lipinski definition) is 1. The maximum atomic E-state index is 5.07. The van der Waals surface area contributed by atoms with Gasteiger partial charge in [-0.25, -0.2) is 0 Å². The Hall–Kier alpha value is -0.300. The zero-order valence-corrected chi connectivity index (χ0v) is 6.18. The zero-order chi connectivity index (χ0) is 6.85. The number of ether oxygens (including phenoxy) is 1. The van der Waals surface area contributed by atoms with Gasteiger partial charge in [-0.15, -0.1) is 0 Å². The molecule has 0 aliphatic carbocycles. The summed E-state index contributed by atoms with van der Waals surface area (Å²) in [7, 11) is 0. The Morgan fingerprint density at radius 1 is 1.78 bits per heavy atom. The summed E-state index contributed by atoms with van der Waals surface area (Å²) in [4.78, 5) is 0. The van der Waals surface area contributed by atoms with E-state index >= 15 is 0 Å². The lowest BCUT2D eigenvalue weighted by molar-refractivity contribution is 0.422. The summed E-state index contributed by atoms with van der Waals surface area (Å²) in [5, 5.41) is 0. The van der Waals surface area contributed by atoms with Crippen LogP contribution in [0, 0.1) is 5.92 Å². The van der Waals surface area contributed by atoms with Crippen molar-refractivity contribution in [3.8, 4) is 0 Å². The molecule has 0 aromatic heterocycles. The highest BCUT2D eigenvalue weighted by Gasteiger charge is 2.25. The predicted octanol–water partition coefficient (Wildman–Crippen LogP) is 1.99. The maximum Gasteiger partial charge on any atom is 0.102 e. The molecule has 1 unspecified atom stereocenters. The first-order valence-electron chi connectivity index (χ1n) is 3.49. The smallest absolute Gasteiger partial charge is 0.102 e.